The molecule has 1 amide bonds. The summed E-state index contributed by atoms with van der Waals surface area (Å²) in [4.78, 5) is 30.7. The molecule has 0 unspecified atom stereocenters. The number of hydrogen-bond acceptors (Lipinski definition) is 5. The first kappa shape index (κ1) is 23.6. The third kappa shape index (κ3) is 5.66. The van der Waals surface area contributed by atoms with Crippen LogP contribution in [0, 0.1) is 0 Å². The molecule has 0 aliphatic rings. The number of carbonyl (C=O) groups excluding carboxylic acids is 1. The predicted molar refractivity (Wildman–Crippen MR) is 137 cm³/mol. The molecule has 0 saturated heterocycles. The summed E-state index contributed by atoms with van der Waals surface area (Å²) in [5, 5.41) is 4.04. The zero-order valence-corrected chi connectivity index (χ0v) is 20.0. The van der Waals surface area contributed by atoms with Crippen molar-refractivity contribution in [2.75, 3.05) is 12.9 Å². The lowest BCUT2D eigenvalue weighted by Crippen LogP contribution is -2.34. The van der Waals surface area contributed by atoms with Gasteiger partial charge in [-0.3, -0.25) is 14.2 Å². The van der Waals surface area contributed by atoms with Gasteiger partial charge in [-0.15, -0.1) is 0 Å². The first-order valence-electron chi connectivity index (χ1n) is 11.2. The first-order chi connectivity index (χ1) is 16.5. The molecule has 0 aliphatic carbocycles. The molecular formula is C27H27N3O3S. The zero-order valence-electron chi connectivity index (χ0n) is 19.2. The number of benzene rings is 3. The Kier molecular flexibility index (Phi) is 7.65. The second kappa shape index (κ2) is 11.0. The molecule has 4 rings (SSSR count). The third-order valence-electron chi connectivity index (χ3n) is 5.51. The highest BCUT2D eigenvalue weighted by molar-refractivity contribution is 7.99. The SMILES string of the molecule is COc1cccc(-n2c(SCC(=O)N[C@H](C)CCc3ccccc3)nc3ccccc3c2=O)c1. The van der Waals surface area contributed by atoms with Crippen LogP contribution in [-0.4, -0.2) is 34.4 Å². The molecule has 34 heavy (non-hydrogen) atoms. The van der Waals surface area contributed by atoms with E-state index in [1.807, 2.05) is 61.5 Å². The van der Waals surface area contributed by atoms with E-state index in [0.717, 1.165) is 12.8 Å². The van der Waals surface area contributed by atoms with Gasteiger partial charge in [0.25, 0.3) is 5.56 Å². The highest BCUT2D eigenvalue weighted by Gasteiger charge is 2.16. The summed E-state index contributed by atoms with van der Waals surface area (Å²) in [5.41, 5.74) is 2.31. The summed E-state index contributed by atoms with van der Waals surface area (Å²) in [7, 11) is 1.58. The standard InChI is InChI=1S/C27H27N3O3S/c1-19(15-16-20-9-4-3-5-10-20)28-25(31)18-34-27-29-24-14-7-6-13-23(24)26(32)30(27)21-11-8-12-22(17-21)33-2/h3-14,17,19H,15-16,18H2,1-2H3,(H,28,31)/t19-/m1/s1. The molecule has 0 saturated carbocycles. The van der Waals surface area contributed by atoms with Gasteiger partial charge in [-0.2, -0.15) is 0 Å². The van der Waals surface area contributed by atoms with Crippen LogP contribution >= 0.6 is 11.8 Å². The molecular weight excluding hydrogens is 446 g/mol. The number of nitrogens with one attached hydrogen (secondary N) is 1. The molecule has 1 aromatic heterocycles. The smallest absolute Gasteiger partial charge is 0.266 e. The lowest BCUT2D eigenvalue weighted by atomic mass is 10.1. The van der Waals surface area contributed by atoms with Gasteiger partial charge in [-0.1, -0.05) is 60.3 Å². The van der Waals surface area contributed by atoms with Gasteiger partial charge in [-0.05, 0) is 49.6 Å². The van der Waals surface area contributed by atoms with E-state index in [-0.39, 0.29) is 23.3 Å². The summed E-state index contributed by atoms with van der Waals surface area (Å²) < 4.78 is 6.88. The number of thioether (sulfide) groups is 1. The number of hydrogen-bond donors (Lipinski definition) is 1. The fraction of sp³-hybridized carbons (Fsp3) is 0.222. The normalized spacial score (nSPS) is 11.8. The highest BCUT2D eigenvalue weighted by Crippen LogP contribution is 2.23. The van der Waals surface area contributed by atoms with Gasteiger partial charge in [-0.25, -0.2) is 4.98 Å². The van der Waals surface area contributed by atoms with Crippen molar-refractivity contribution in [2.45, 2.75) is 31.0 Å². The molecule has 174 valence electrons. The maximum atomic E-state index is 13.4. The van der Waals surface area contributed by atoms with Gasteiger partial charge in [0.05, 0.1) is 29.5 Å². The maximum Gasteiger partial charge on any atom is 0.266 e. The van der Waals surface area contributed by atoms with Crippen molar-refractivity contribution < 1.29 is 9.53 Å². The minimum Gasteiger partial charge on any atom is -0.497 e. The fourth-order valence-corrected chi connectivity index (χ4v) is 4.56. The molecule has 7 heteroatoms. The average Bonchev–Trinajstić information content (AvgIpc) is 2.87. The monoisotopic (exact) mass is 473 g/mol. The number of fused-ring (bicyclic) bond motifs is 1. The van der Waals surface area contributed by atoms with E-state index < -0.39 is 0 Å². The quantitative estimate of drug-likeness (QED) is 0.284. The molecule has 1 heterocycles. The highest BCUT2D eigenvalue weighted by atomic mass is 32.2. The lowest BCUT2D eigenvalue weighted by molar-refractivity contribution is -0.119. The summed E-state index contributed by atoms with van der Waals surface area (Å²) in [6.45, 7) is 2.01. The number of methoxy groups -OCH3 is 1. The van der Waals surface area contributed by atoms with Crippen LogP contribution in [-0.2, 0) is 11.2 Å². The molecule has 1 N–H and O–H groups in total. The van der Waals surface area contributed by atoms with Crippen molar-refractivity contribution in [3.63, 3.8) is 0 Å². The molecule has 1 atom stereocenters. The van der Waals surface area contributed by atoms with Crippen molar-refractivity contribution in [2.24, 2.45) is 0 Å². The lowest BCUT2D eigenvalue weighted by Gasteiger charge is -2.16. The Balaban J connectivity index is 1.51. The molecule has 0 radical (unpaired) electrons. The second-order valence-electron chi connectivity index (χ2n) is 8.04. The number of carbonyl (C=O) groups is 1. The van der Waals surface area contributed by atoms with Gasteiger partial charge in [0, 0.05) is 12.1 Å². The molecule has 4 aromatic rings. The largest absolute Gasteiger partial charge is 0.497 e. The summed E-state index contributed by atoms with van der Waals surface area (Å²) in [5.74, 6) is 0.702. The van der Waals surface area contributed by atoms with Crippen LogP contribution in [0.15, 0.2) is 88.8 Å². The average molecular weight is 474 g/mol. The summed E-state index contributed by atoms with van der Waals surface area (Å²) in [6.07, 6.45) is 1.75. The van der Waals surface area contributed by atoms with Gasteiger partial charge in [0.1, 0.15) is 5.75 Å². The van der Waals surface area contributed by atoms with Crippen molar-refractivity contribution in [3.05, 3.63) is 94.8 Å². The third-order valence-corrected chi connectivity index (χ3v) is 6.44. The van der Waals surface area contributed by atoms with Crippen molar-refractivity contribution >= 4 is 28.6 Å². The van der Waals surface area contributed by atoms with E-state index in [0.29, 0.717) is 27.5 Å². The fourth-order valence-electron chi connectivity index (χ4n) is 3.73. The molecule has 0 aliphatic heterocycles. The van der Waals surface area contributed by atoms with E-state index in [1.54, 1.807) is 23.8 Å². The molecule has 0 fully saturated rings. The van der Waals surface area contributed by atoms with Crippen LogP contribution < -0.4 is 15.6 Å². The number of amides is 1. The van der Waals surface area contributed by atoms with Crippen LogP contribution in [0.5, 0.6) is 5.75 Å². The van der Waals surface area contributed by atoms with Gasteiger partial charge in [0.2, 0.25) is 5.91 Å². The Morgan fingerprint density at radius 2 is 1.82 bits per heavy atom. The number of ether oxygens (including phenoxy) is 1. The Labute approximate surface area is 203 Å². The number of aromatic nitrogens is 2. The Morgan fingerprint density at radius 3 is 2.62 bits per heavy atom. The van der Waals surface area contributed by atoms with Crippen LogP contribution in [0.1, 0.15) is 18.9 Å². The number of nitrogens with zero attached hydrogens (tertiary/aromatic N) is 2. The zero-order chi connectivity index (χ0) is 23.9. The summed E-state index contributed by atoms with van der Waals surface area (Å²) in [6, 6.07) is 24.8. The minimum absolute atomic E-state index is 0.0402. The number of aryl methyl sites for hydroxylation is 1. The van der Waals surface area contributed by atoms with Crippen molar-refractivity contribution in [1.29, 1.82) is 0 Å². The Hall–Kier alpha value is -3.58. The van der Waals surface area contributed by atoms with E-state index >= 15 is 0 Å². The van der Waals surface area contributed by atoms with E-state index in [9.17, 15) is 9.59 Å². The minimum atomic E-state index is -0.182. The number of rotatable bonds is 9. The van der Waals surface area contributed by atoms with E-state index in [1.165, 1.54) is 17.3 Å². The summed E-state index contributed by atoms with van der Waals surface area (Å²) >= 11 is 1.25. The molecule has 0 spiro atoms. The predicted octanol–water partition coefficient (Wildman–Crippen LogP) is 4.62. The van der Waals surface area contributed by atoms with Crippen LogP contribution in [0.25, 0.3) is 16.6 Å². The Bertz CT molecular complexity index is 1340. The Morgan fingerprint density at radius 1 is 1.06 bits per heavy atom. The maximum absolute atomic E-state index is 13.4. The van der Waals surface area contributed by atoms with Gasteiger partial charge in [0.15, 0.2) is 5.16 Å². The number of para-hydroxylation sites is 1. The van der Waals surface area contributed by atoms with Crippen molar-refractivity contribution in [3.8, 4) is 11.4 Å². The van der Waals surface area contributed by atoms with Crippen LogP contribution in [0.3, 0.4) is 0 Å². The first-order valence-corrected chi connectivity index (χ1v) is 12.2. The van der Waals surface area contributed by atoms with Crippen LogP contribution in [0.2, 0.25) is 0 Å². The van der Waals surface area contributed by atoms with Gasteiger partial charge < -0.3 is 10.1 Å². The molecule has 3 aromatic carbocycles. The van der Waals surface area contributed by atoms with Crippen LogP contribution in [0.4, 0.5) is 0 Å². The molecule has 0 bridgehead atoms. The molecule has 6 nitrogen and oxygen atoms in total. The van der Waals surface area contributed by atoms with Gasteiger partial charge >= 0.3 is 0 Å². The topological polar surface area (TPSA) is 73.2 Å². The van der Waals surface area contributed by atoms with Crippen molar-refractivity contribution in [1.82, 2.24) is 14.9 Å². The van der Waals surface area contributed by atoms with E-state index in [2.05, 4.69) is 17.4 Å². The van der Waals surface area contributed by atoms with E-state index in [4.69, 9.17) is 9.72 Å². The second-order valence-corrected chi connectivity index (χ2v) is 8.98.